The summed E-state index contributed by atoms with van der Waals surface area (Å²) in [6.07, 6.45) is 0.0513. The van der Waals surface area contributed by atoms with Crippen molar-refractivity contribution in [3.8, 4) is 5.75 Å². The van der Waals surface area contributed by atoms with Gasteiger partial charge in [-0.1, -0.05) is 12.1 Å². The Hall–Kier alpha value is -3.11. The molecule has 30 heavy (non-hydrogen) atoms. The third-order valence-corrected chi connectivity index (χ3v) is 6.66. The Bertz CT molecular complexity index is 1260. The number of para-hydroxylation sites is 2. The predicted molar refractivity (Wildman–Crippen MR) is 114 cm³/mol. The van der Waals surface area contributed by atoms with Crippen LogP contribution in [0.5, 0.6) is 5.75 Å². The number of aryl methyl sites for hydroxylation is 2. The molecule has 0 radical (unpaired) electrons. The lowest BCUT2D eigenvalue weighted by Gasteiger charge is -2.16. The smallest absolute Gasteiger partial charge is 0.328 e. The summed E-state index contributed by atoms with van der Waals surface area (Å²) in [4.78, 5) is 24.9. The fourth-order valence-electron chi connectivity index (χ4n) is 3.17. The Labute approximate surface area is 174 Å². The van der Waals surface area contributed by atoms with Gasteiger partial charge in [-0.3, -0.25) is 13.9 Å². The van der Waals surface area contributed by atoms with Gasteiger partial charge in [-0.25, -0.2) is 17.5 Å². The Balaban J connectivity index is 1.80. The van der Waals surface area contributed by atoms with E-state index in [0.717, 1.165) is 15.3 Å². The topological polar surface area (TPSA) is 103 Å². The molecule has 0 spiro atoms. The maximum Gasteiger partial charge on any atom is 0.328 e. The fraction of sp³-hybridized carbons (Fsp3) is 0.300. The molecule has 2 aromatic carbocycles. The van der Waals surface area contributed by atoms with E-state index in [9.17, 15) is 18.0 Å². The zero-order valence-electron chi connectivity index (χ0n) is 17.2. The van der Waals surface area contributed by atoms with Gasteiger partial charge in [0.2, 0.25) is 15.9 Å². The molecule has 1 heterocycles. The van der Waals surface area contributed by atoms with Crippen molar-refractivity contribution in [2.45, 2.75) is 17.9 Å². The number of amides is 1. The van der Waals surface area contributed by atoms with Crippen LogP contribution in [0.15, 0.2) is 52.2 Å². The standard InChI is InChI=1S/C20H24N4O5S/c1-22(2)30(27,28)18-13-14(9-10-17(18)29-4)21-19(25)11-12-24-16-8-6-5-7-15(16)23(3)20(24)26/h5-10,13H,11-12H2,1-4H3,(H,21,25). The summed E-state index contributed by atoms with van der Waals surface area (Å²) in [6, 6.07) is 11.8. The molecule has 9 nitrogen and oxygen atoms in total. The van der Waals surface area contributed by atoms with E-state index in [4.69, 9.17) is 4.74 Å². The monoisotopic (exact) mass is 432 g/mol. The van der Waals surface area contributed by atoms with Gasteiger partial charge in [0.25, 0.3) is 0 Å². The van der Waals surface area contributed by atoms with E-state index in [2.05, 4.69) is 5.32 Å². The van der Waals surface area contributed by atoms with Crippen molar-refractivity contribution >= 4 is 32.7 Å². The second-order valence-corrected chi connectivity index (χ2v) is 9.05. The van der Waals surface area contributed by atoms with Crippen molar-refractivity contribution in [3.63, 3.8) is 0 Å². The van der Waals surface area contributed by atoms with Crippen molar-refractivity contribution < 1.29 is 17.9 Å². The number of sulfonamides is 1. The van der Waals surface area contributed by atoms with Gasteiger partial charge in [-0.2, -0.15) is 0 Å². The van der Waals surface area contributed by atoms with Crippen molar-refractivity contribution in [1.82, 2.24) is 13.4 Å². The molecule has 1 amide bonds. The van der Waals surface area contributed by atoms with Crippen LogP contribution in [0.3, 0.4) is 0 Å². The zero-order chi connectivity index (χ0) is 22.1. The minimum atomic E-state index is -3.75. The van der Waals surface area contributed by atoms with Crippen LogP contribution >= 0.6 is 0 Å². The van der Waals surface area contributed by atoms with E-state index in [-0.39, 0.29) is 35.2 Å². The van der Waals surface area contributed by atoms with Gasteiger partial charge in [0.15, 0.2) is 0 Å². The number of ether oxygens (including phenoxy) is 1. The average Bonchev–Trinajstić information content (AvgIpc) is 2.96. The molecule has 10 heteroatoms. The molecule has 3 rings (SSSR count). The molecule has 1 aromatic heterocycles. The van der Waals surface area contributed by atoms with E-state index in [0.29, 0.717) is 5.69 Å². The van der Waals surface area contributed by atoms with Crippen molar-refractivity contribution in [2.24, 2.45) is 7.05 Å². The van der Waals surface area contributed by atoms with Gasteiger partial charge in [0.1, 0.15) is 10.6 Å². The summed E-state index contributed by atoms with van der Waals surface area (Å²) in [7, 11) is 2.15. The maximum absolute atomic E-state index is 12.5. The van der Waals surface area contributed by atoms with Crippen LogP contribution in [0.25, 0.3) is 11.0 Å². The molecule has 0 aliphatic carbocycles. The number of carbonyl (C=O) groups is 1. The van der Waals surface area contributed by atoms with E-state index in [1.54, 1.807) is 17.7 Å². The number of hydrogen-bond donors (Lipinski definition) is 1. The molecule has 1 N–H and O–H groups in total. The molecule has 160 valence electrons. The summed E-state index contributed by atoms with van der Waals surface area (Å²) in [5.74, 6) is -0.155. The molecule has 0 unspecified atom stereocenters. The molecule has 0 atom stereocenters. The van der Waals surface area contributed by atoms with Gasteiger partial charge in [0.05, 0.1) is 18.1 Å². The molecular weight excluding hydrogens is 408 g/mol. The third kappa shape index (κ3) is 3.96. The second-order valence-electron chi connectivity index (χ2n) is 6.93. The minimum absolute atomic E-state index is 0.0435. The summed E-state index contributed by atoms with van der Waals surface area (Å²) in [5.41, 5.74) is 1.66. The normalized spacial score (nSPS) is 11.8. The van der Waals surface area contributed by atoms with Crippen LogP contribution in [0, 0.1) is 0 Å². The number of methoxy groups -OCH3 is 1. The number of fused-ring (bicyclic) bond motifs is 1. The van der Waals surface area contributed by atoms with Crippen LogP contribution < -0.4 is 15.7 Å². The van der Waals surface area contributed by atoms with Crippen LogP contribution in [0.4, 0.5) is 5.69 Å². The first-order valence-electron chi connectivity index (χ1n) is 9.21. The molecule has 0 fully saturated rings. The highest BCUT2D eigenvalue weighted by molar-refractivity contribution is 7.89. The third-order valence-electron chi connectivity index (χ3n) is 4.82. The first kappa shape index (κ1) is 21.6. The van der Waals surface area contributed by atoms with E-state index < -0.39 is 10.0 Å². The zero-order valence-corrected chi connectivity index (χ0v) is 18.1. The number of nitrogens with one attached hydrogen (secondary N) is 1. The summed E-state index contributed by atoms with van der Waals surface area (Å²) >= 11 is 0. The molecule has 0 aliphatic heterocycles. The first-order chi connectivity index (χ1) is 14.2. The summed E-state index contributed by atoms with van der Waals surface area (Å²) in [6.45, 7) is 0.199. The number of hydrogen-bond acceptors (Lipinski definition) is 5. The molecule has 0 saturated carbocycles. The molecule has 3 aromatic rings. The highest BCUT2D eigenvalue weighted by atomic mass is 32.2. The second kappa shape index (κ2) is 8.33. The number of anilines is 1. The summed E-state index contributed by atoms with van der Waals surface area (Å²) < 4.78 is 34.3. The largest absolute Gasteiger partial charge is 0.495 e. The lowest BCUT2D eigenvalue weighted by Crippen LogP contribution is -2.25. The van der Waals surface area contributed by atoms with Gasteiger partial charge in [0, 0.05) is 39.8 Å². The summed E-state index contributed by atoms with van der Waals surface area (Å²) in [5, 5.41) is 2.69. The maximum atomic E-state index is 12.5. The highest BCUT2D eigenvalue weighted by Crippen LogP contribution is 2.29. The van der Waals surface area contributed by atoms with Crippen LogP contribution in [-0.4, -0.2) is 49.0 Å². The first-order valence-corrected chi connectivity index (χ1v) is 10.7. The number of nitrogens with zero attached hydrogens (tertiary/aromatic N) is 3. The molecule has 0 bridgehead atoms. The quantitative estimate of drug-likeness (QED) is 0.611. The highest BCUT2D eigenvalue weighted by Gasteiger charge is 2.23. The van der Waals surface area contributed by atoms with Gasteiger partial charge >= 0.3 is 5.69 Å². The SMILES string of the molecule is COc1ccc(NC(=O)CCn2c(=O)n(C)c3ccccc32)cc1S(=O)(=O)N(C)C. The van der Waals surface area contributed by atoms with E-state index in [1.165, 1.54) is 37.9 Å². The molecule has 0 saturated heterocycles. The van der Waals surface area contributed by atoms with Gasteiger partial charge in [-0.05, 0) is 30.3 Å². The molecular formula is C20H24N4O5S. The number of carbonyl (C=O) groups excluding carboxylic acids is 1. The van der Waals surface area contributed by atoms with Crippen LogP contribution in [0.1, 0.15) is 6.42 Å². The van der Waals surface area contributed by atoms with E-state index in [1.807, 2.05) is 24.3 Å². The number of aromatic nitrogens is 2. The number of rotatable bonds is 7. The van der Waals surface area contributed by atoms with E-state index >= 15 is 0 Å². The number of imidazole rings is 1. The average molecular weight is 433 g/mol. The lowest BCUT2D eigenvalue weighted by molar-refractivity contribution is -0.116. The Morgan fingerprint density at radius 3 is 2.43 bits per heavy atom. The predicted octanol–water partition coefficient (Wildman–Crippen LogP) is 1.63. The Morgan fingerprint density at radius 2 is 1.80 bits per heavy atom. The number of benzene rings is 2. The molecule has 0 aliphatic rings. The van der Waals surface area contributed by atoms with Gasteiger partial charge < -0.3 is 10.1 Å². The van der Waals surface area contributed by atoms with Crippen LogP contribution in [-0.2, 0) is 28.4 Å². The minimum Gasteiger partial charge on any atom is -0.495 e. The van der Waals surface area contributed by atoms with Crippen LogP contribution in [0.2, 0.25) is 0 Å². The van der Waals surface area contributed by atoms with Crippen molar-refractivity contribution in [2.75, 3.05) is 26.5 Å². The Kier molecular flexibility index (Phi) is 5.99. The van der Waals surface area contributed by atoms with Crippen molar-refractivity contribution in [1.29, 1.82) is 0 Å². The fourth-order valence-corrected chi connectivity index (χ4v) is 4.24. The lowest BCUT2D eigenvalue weighted by atomic mass is 10.2. The Morgan fingerprint density at radius 1 is 1.13 bits per heavy atom. The van der Waals surface area contributed by atoms with Crippen molar-refractivity contribution in [3.05, 3.63) is 52.9 Å². The van der Waals surface area contributed by atoms with Gasteiger partial charge in [-0.15, -0.1) is 0 Å².